The summed E-state index contributed by atoms with van der Waals surface area (Å²) in [5, 5.41) is 5.83. The SMILES string of the molecule is CCN[C@H](C)CNC(=O)c1ccccc1NS(=O)(=O)c1cc(F)ccc1F. The van der Waals surface area contributed by atoms with Crippen LogP contribution >= 0.6 is 0 Å². The number of likely N-dealkylation sites (N-methyl/N-ethyl adjacent to an activating group) is 1. The molecule has 0 aliphatic heterocycles. The Morgan fingerprint density at radius 1 is 1.15 bits per heavy atom. The number of carbonyl (C=O) groups excluding carboxylic acids is 1. The number of para-hydroxylation sites is 1. The molecule has 0 radical (unpaired) electrons. The zero-order valence-corrected chi connectivity index (χ0v) is 15.7. The van der Waals surface area contributed by atoms with Gasteiger partial charge in [0.1, 0.15) is 16.5 Å². The molecule has 9 heteroatoms. The smallest absolute Gasteiger partial charge is 0.264 e. The van der Waals surface area contributed by atoms with E-state index in [2.05, 4.69) is 15.4 Å². The molecule has 0 bridgehead atoms. The number of nitrogens with one attached hydrogen (secondary N) is 3. The molecule has 0 spiro atoms. The van der Waals surface area contributed by atoms with Crippen molar-refractivity contribution < 1.29 is 22.0 Å². The highest BCUT2D eigenvalue weighted by Crippen LogP contribution is 2.22. The first-order valence-corrected chi connectivity index (χ1v) is 9.81. The van der Waals surface area contributed by atoms with Gasteiger partial charge in [0.15, 0.2) is 0 Å². The first-order valence-electron chi connectivity index (χ1n) is 8.33. The molecule has 0 aliphatic rings. The molecule has 2 rings (SSSR count). The lowest BCUT2D eigenvalue weighted by molar-refractivity contribution is 0.0951. The van der Waals surface area contributed by atoms with Crippen LogP contribution in [0.25, 0.3) is 0 Å². The van der Waals surface area contributed by atoms with Crippen LogP contribution in [0, 0.1) is 11.6 Å². The number of hydrogen-bond donors (Lipinski definition) is 3. The Balaban J connectivity index is 2.25. The van der Waals surface area contributed by atoms with E-state index in [1.807, 2.05) is 13.8 Å². The average Bonchev–Trinajstić information content (AvgIpc) is 2.62. The minimum absolute atomic E-state index is 0.0317. The van der Waals surface area contributed by atoms with E-state index >= 15 is 0 Å². The minimum atomic E-state index is -4.42. The Morgan fingerprint density at radius 2 is 1.85 bits per heavy atom. The number of amides is 1. The zero-order chi connectivity index (χ0) is 20.0. The van der Waals surface area contributed by atoms with Gasteiger partial charge in [0.2, 0.25) is 0 Å². The van der Waals surface area contributed by atoms with Crippen LogP contribution in [0.15, 0.2) is 47.4 Å². The number of hydrogen-bond acceptors (Lipinski definition) is 4. The van der Waals surface area contributed by atoms with Crippen LogP contribution in [-0.4, -0.2) is 33.5 Å². The fraction of sp³-hybridized carbons (Fsp3) is 0.278. The van der Waals surface area contributed by atoms with E-state index in [0.717, 1.165) is 18.7 Å². The second-order valence-corrected chi connectivity index (χ2v) is 7.55. The van der Waals surface area contributed by atoms with Crippen molar-refractivity contribution in [1.82, 2.24) is 10.6 Å². The molecule has 0 aromatic heterocycles. The van der Waals surface area contributed by atoms with Crippen molar-refractivity contribution in [3.05, 3.63) is 59.7 Å². The van der Waals surface area contributed by atoms with Crippen LogP contribution < -0.4 is 15.4 Å². The van der Waals surface area contributed by atoms with Gasteiger partial charge in [-0.15, -0.1) is 0 Å². The first kappa shape index (κ1) is 20.8. The molecule has 6 nitrogen and oxygen atoms in total. The van der Waals surface area contributed by atoms with Gasteiger partial charge in [-0.05, 0) is 43.8 Å². The molecule has 0 aliphatic carbocycles. The molecule has 1 atom stereocenters. The number of benzene rings is 2. The number of rotatable bonds is 8. The molecule has 27 heavy (non-hydrogen) atoms. The molecule has 0 saturated heterocycles. The Kier molecular flexibility index (Phi) is 6.86. The Labute approximate surface area is 157 Å². The van der Waals surface area contributed by atoms with Crippen LogP contribution in [0.5, 0.6) is 0 Å². The highest BCUT2D eigenvalue weighted by molar-refractivity contribution is 7.92. The van der Waals surface area contributed by atoms with Crippen molar-refractivity contribution in [2.24, 2.45) is 0 Å². The average molecular weight is 397 g/mol. The quantitative estimate of drug-likeness (QED) is 0.639. The summed E-state index contributed by atoms with van der Waals surface area (Å²) in [4.78, 5) is 11.6. The van der Waals surface area contributed by atoms with Crippen LogP contribution in [0.1, 0.15) is 24.2 Å². The molecule has 1 amide bonds. The van der Waals surface area contributed by atoms with Crippen molar-refractivity contribution >= 4 is 21.6 Å². The number of sulfonamides is 1. The summed E-state index contributed by atoms with van der Waals surface area (Å²) in [5.41, 5.74) is 0.0383. The second-order valence-electron chi connectivity index (χ2n) is 5.89. The minimum Gasteiger partial charge on any atom is -0.350 e. The maximum atomic E-state index is 13.8. The predicted molar refractivity (Wildman–Crippen MR) is 99.1 cm³/mol. The van der Waals surface area contributed by atoms with Gasteiger partial charge in [0, 0.05) is 12.6 Å². The summed E-state index contributed by atoms with van der Waals surface area (Å²) in [6.45, 7) is 4.91. The molecule has 2 aromatic carbocycles. The van der Waals surface area contributed by atoms with Gasteiger partial charge >= 0.3 is 0 Å². The molecule has 0 saturated carbocycles. The summed E-state index contributed by atoms with van der Waals surface area (Å²) >= 11 is 0. The Hall–Kier alpha value is -2.52. The van der Waals surface area contributed by atoms with E-state index < -0.39 is 32.5 Å². The number of carbonyl (C=O) groups is 1. The van der Waals surface area contributed by atoms with Gasteiger partial charge in [-0.2, -0.15) is 0 Å². The van der Waals surface area contributed by atoms with Crippen molar-refractivity contribution in [3.63, 3.8) is 0 Å². The molecule has 0 unspecified atom stereocenters. The molecule has 146 valence electrons. The molecule has 0 fully saturated rings. The van der Waals surface area contributed by atoms with Gasteiger partial charge in [0.25, 0.3) is 15.9 Å². The topological polar surface area (TPSA) is 87.3 Å². The van der Waals surface area contributed by atoms with Crippen LogP contribution in [-0.2, 0) is 10.0 Å². The molecular weight excluding hydrogens is 376 g/mol. The third-order valence-electron chi connectivity index (χ3n) is 3.72. The van der Waals surface area contributed by atoms with Crippen molar-refractivity contribution in [3.8, 4) is 0 Å². The van der Waals surface area contributed by atoms with Gasteiger partial charge in [-0.1, -0.05) is 19.1 Å². The highest BCUT2D eigenvalue weighted by atomic mass is 32.2. The van der Waals surface area contributed by atoms with Crippen molar-refractivity contribution in [2.75, 3.05) is 17.8 Å². The zero-order valence-electron chi connectivity index (χ0n) is 14.9. The largest absolute Gasteiger partial charge is 0.350 e. The standard InChI is InChI=1S/C18H21F2N3O3S/c1-3-21-12(2)11-22-18(24)14-6-4-5-7-16(14)23-27(25,26)17-10-13(19)8-9-15(17)20/h4-10,12,21,23H,3,11H2,1-2H3,(H,22,24)/t12-/m1/s1. The van der Waals surface area contributed by atoms with Gasteiger partial charge in [0.05, 0.1) is 11.3 Å². The molecular formula is C18H21F2N3O3S. The summed E-state index contributed by atoms with van der Waals surface area (Å²) < 4.78 is 54.2. The molecule has 3 N–H and O–H groups in total. The van der Waals surface area contributed by atoms with Crippen molar-refractivity contribution in [2.45, 2.75) is 24.8 Å². The fourth-order valence-electron chi connectivity index (χ4n) is 2.41. The Bertz CT molecular complexity index is 920. The monoisotopic (exact) mass is 397 g/mol. The highest BCUT2D eigenvalue weighted by Gasteiger charge is 2.22. The third-order valence-corrected chi connectivity index (χ3v) is 5.10. The first-order chi connectivity index (χ1) is 12.7. The van der Waals surface area contributed by atoms with E-state index in [1.165, 1.54) is 18.2 Å². The van der Waals surface area contributed by atoms with Gasteiger partial charge in [-0.3, -0.25) is 9.52 Å². The van der Waals surface area contributed by atoms with Crippen LogP contribution in [0.3, 0.4) is 0 Å². The van der Waals surface area contributed by atoms with E-state index in [9.17, 15) is 22.0 Å². The predicted octanol–water partition coefficient (Wildman–Crippen LogP) is 2.49. The van der Waals surface area contributed by atoms with E-state index in [-0.39, 0.29) is 17.3 Å². The lowest BCUT2D eigenvalue weighted by Gasteiger charge is -2.16. The summed E-state index contributed by atoms with van der Waals surface area (Å²) in [6, 6.07) is 8.07. The summed E-state index contributed by atoms with van der Waals surface area (Å²) in [5.74, 6) is -2.47. The van der Waals surface area contributed by atoms with E-state index in [4.69, 9.17) is 0 Å². The van der Waals surface area contributed by atoms with Gasteiger partial charge in [-0.25, -0.2) is 17.2 Å². The second kappa shape index (κ2) is 8.92. The molecule has 2 aromatic rings. The maximum Gasteiger partial charge on any atom is 0.264 e. The maximum absolute atomic E-state index is 13.8. The fourth-order valence-corrected chi connectivity index (χ4v) is 3.58. The Morgan fingerprint density at radius 3 is 2.56 bits per heavy atom. The number of halogens is 2. The van der Waals surface area contributed by atoms with E-state index in [0.29, 0.717) is 12.6 Å². The van der Waals surface area contributed by atoms with Crippen LogP contribution in [0.2, 0.25) is 0 Å². The summed E-state index contributed by atoms with van der Waals surface area (Å²) in [6.07, 6.45) is 0. The lowest BCUT2D eigenvalue weighted by atomic mass is 10.1. The lowest BCUT2D eigenvalue weighted by Crippen LogP contribution is -2.39. The van der Waals surface area contributed by atoms with E-state index in [1.54, 1.807) is 6.07 Å². The van der Waals surface area contributed by atoms with Crippen molar-refractivity contribution in [1.29, 1.82) is 0 Å². The van der Waals surface area contributed by atoms with Gasteiger partial charge < -0.3 is 10.6 Å². The third kappa shape index (κ3) is 5.48. The number of anilines is 1. The van der Waals surface area contributed by atoms with Crippen LogP contribution in [0.4, 0.5) is 14.5 Å². The normalized spacial score (nSPS) is 12.4. The summed E-state index contributed by atoms with van der Waals surface area (Å²) in [7, 11) is -4.42. The molecule has 0 heterocycles.